The molecule has 0 aliphatic carbocycles. The molecule has 1 aliphatic heterocycles. The van der Waals surface area contributed by atoms with Gasteiger partial charge in [-0.25, -0.2) is 0 Å². The van der Waals surface area contributed by atoms with E-state index >= 15 is 0 Å². The molecule has 15 heavy (non-hydrogen) atoms. The molecule has 1 aliphatic rings. The third-order valence-electron chi connectivity index (χ3n) is 2.61. The Hall–Kier alpha value is -1.84. The van der Waals surface area contributed by atoms with Crippen molar-refractivity contribution in [1.29, 1.82) is 0 Å². The molecule has 4 nitrogen and oxygen atoms in total. The van der Waals surface area contributed by atoms with Crippen LogP contribution in [0.25, 0.3) is 0 Å². The molecule has 1 aromatic rings. The van der Waals surface area contributed by atoms with Gasteiger partial charge < -0.3 is 5.73 Å². The fraction of sp³-hybridized carbons (Fsp3) is 0.273. The number of rotatable bonds is 1. The topological polar surface area (TPSA) is 72.2 Å². The summed E-state index contributed by atoms with van der Waals surface area (Å²) in [4.78, 5) is 22.5. The Balaban J connectivity index is 2.28. The largest absolute Gasteiger partial charge is 0.398 e. The number of nitrogens with one attached hydrogen (secondary N) is 1. The van der Waals surface area contributed by atoms with Gasteiger partial charge in [-0.05, 0) is 18.1 Å². The Morgan fingerprint density at radius 3 is 2.67 bits per heavy atom. The van der Waals surface area contributed by atoms with Crippen LogP contribution in [0.3, 0.4) is 0 Å². The average molecular weight is 204 g/mol. The number of nitrogens with two attached hydrogens (primary N) is 1. The summed E-state index contributed by atoms with van der Waals surface area (Å²) in [5, 5.41) is 2.32. The van der Waals surface area contributed by atoms with Crippen LogP contribution in [0.2, 0.25) is 0 Å². The van der Waals surface area contributed by atoms with Gasteiger partial charge in [0.15, 0.2) is 0 Å². The van der Waals surface area contributed by atoms with E-state index in [1.807, 2.05) is 18.2 Å². The molecular weight excluding hydrogens is 192 g/mol. The van der Waals surface area contributed by atoms with E-state index < -0.39 is 0 Å². The molecule has 0 spiro atoms. The zero-order chi connectivity index (χ0) is 10.8. The summed E-state index contributed by atoms with van der Waals surface area (Å²) in [6.07, 6.45) is 0.920. The monoisotopic (exact) mass is 204 g/mol. The molecule has 0 radical (unpaired) electrons. The SMILES string of the molecule is Nc1ccccc1C1CCC(=O)NC1=O. The summed E-state index contributed by atoms with van der Waals surface area (Å²) in [5.41, 5.74) is 7.19. The first-order valence-electron chi connectivity index (χ1n) is 4.86. The minimum atomic E-state index is -0.288. The molecule has 78 valence electrons. The van der Waals surface area contributed by atoms with Crippen LogP contribution >= 0.6 is 0 Å². The van der Waals surface area contributed by atoms with E-state index in [0.29, 0.717) is 18.5 Å². The molecule has 4 heteroatoms. The summed E-state index contributed by atoms with van der Waals surface area (Å²) in [7, 11) is 0. The molecule has 1 unspecified atom stereocenters. The van der Waals surface area contributed by atoms with Gasteiger partial charge in [0.2, 0.25) is 11.8 Å². The van der Waals surface area contributed by atoms with Gasteiger partial charge in [0.1, 0.15) is 0 Å². The number of benzene rings is 1. The Bertz CT molecular complexity index is 415. The van der Waals surface area contributed by atoms with E-state index in [9.17, 15) is 9.59 Å². The second-order valence-electron chi connectivity index (χ2n) is 3.63. The molecule has 3 N–H and O–H groups in total. The van der Waals surface area contributed by atoms with Crippen molar-refractivity contribution in [3.05, 3.63) is 29.8 Å². The van der Waals surface area contributed by atoms with Gasteiger partial charge in [0, 0.05) is 12.1 Å². The van der Waals surface area contributed by atoms with Crippen LogP contribution in [0.1, 0.15) is 24.3 Å². The van der Waals surface area contributed by atoms with Crippen molar-refractivity contribution in [3.8, 4) is 0 Å². The van der Waals surface area contributed by atoms with Gasteiger partial charge >= 0.3 is 0 Å². The predicted octanol–water partition coefficient (Wildman–Crippen LogP) is 0.789. The summed E-state index contributed by atoms with van der Waals surface area (Å²) < 4.78 is 0. The lowest BCUT2D eigenvalue weighted by Crippen LogP contribution is -2.39. The molecule has 2 amide bonds. The molecule has 0 aromatic heterocycles. The highest BCUT2D eigenvalue weighted by Gasteiger charge is 2.28. The average Bonchev–Trinajstić information content (AvgIpc) is 2.20. The van der Waals surface area contributed by atoms with Crippen molar-refractivity contribution in [2.75, 3.05) is 5.73 Å². The van der Waals surface area contributed by atoms with E-state index in [1.54, 1.807) is 6.07 Å². The molecule has 1 fully saturated rings. The van der Waals surface area contributed by atoms with Gasteiger partial charge in [0.05, 0.1) is 5.92 Å². The number of carbonyl (C=O) groups is 2. The molecule has 0 bridgehead atoms. The summed E-state index contributed by atoms with van der Waals surface area (Å²) in [5.74, 6) is -0.737. The summed E-state index contributed by atoms with van der Waals surface area (Å²) >= 11 is 0. The van der Waals surface area contributed by atoms with Crippen molar-refractivity contribution in [1.82, 2.24) is 5.32 Å². The number of para-hydroxylation sites is 1. The zero-order valence-electron chi connectivity index (χ0n) is 8.19. The Labute approximate surface area is 87.5 Å². The van der Waals surface area contributed by atoms with Crippen molar-refractivity contribution in [2.24, 2.45) is 0 Å². The maximum absolute atomic E-state index is 11.6. The number of nitrogen functional groups attached to an aromatic ring is 1. The fourth-order valence-corrected chi connectivity index (χ4v) is 1.82. The highest BCUT2D eigenvalue weighted by Crippen LogP contribution is 2.28. The van der Waals surface area contributed by atoms with Gasteiger partial charge in [-0.1, -0.05) is 18.2 Å². The number of amides is 2. The number of hydrogen-bond acceptors (Lipinski definition) is 3. The van der Waals surface area contributed by atoms with Crippen LogP contribution in [-0.2, 0) is 9.59 Å². The first kappa shape index (κ1) is 9.71. The fourth-order valence-electron chi connectivity index (χ4n) is 1.82. The van der Waals surface area contributed by atoms with Crippen molar-refractivity contribution < 1.29 is 9.59 Å². The zero-order valence-corrected chi connectivity index (χ0v) is 8.19. The molecule has 1 saturated heterocycles. The quantitative estimate of drug-likeness (QED) is 0.524. The van der Waals surface area contributed by atoms with E-state index in [-0.39, 0.29) is 17.7 Å². The molecule has 1 heterocycles. The maximum atomic E-state index is 11.6. The molecular formula is C11H12N2O2. The predicted molar refractivity (Wildman–Crippen MR) is 56.0 cm³/mol. The van der Waals surface area contributed by atoms with E-state index in [1.165, 1.54) is 0 Å². The molecule has 0 saturated carbocycles. The van der Waals surface area contributed by atoms with Gasteiger partial charge in [0.25, 0.3) is 0 Å². The lowest BCUT2D eigenvalue weighted by molar-refractivity contribution is -0.134. The maximum Gasteiger partial charge on any atom is 0.234 e. The first-order valence-corrected chi connectivity index (χ1v) is 4.86. The van der Waals surface area contributed by atoms with Crippen molar-refractivity contribution in [2.45, 2.75) is 18.8 Å². The normalized spacial score (nSPS) is 21.2. The minimum absolute atomic E-state index is 0.203. The Kier molecular flexibility index (Phi) is 2.41. The van der Waals surface area contributed by atoms with Crippen LogP contribution in [-0.4, -0.2) is 11.8 Å². The number of hydrogen-bond donors (Lipinski definition) is 2. The molecule has 1 aromatic carbocycles. The van der Waals surface area contributed by atoms with Gasteiger partial charge in [-0.3, -0.25) is 14.9 Å². The number of carbonyl (C=O) groups excluding carboxylic acids is 2. The number of imide groups is 1. The van der Waals surface area contributed by atoms with Crippen LogP contribution in [0.5, 0.6) is 0 Å². The van der Waals surface area contributed by atoms with Crippen LogP contribution in [0, 0.1) is 0 Å². The Morgan fingerprint density at radius 2 is 2.00 bits per heavy atom. The lowest BCUT2D eigenvalue weighted by Gasteiger charge is -2.22. The lowest BCUT2D eigenvalue weighted by atomic mass is 9.89. The summed E-state index contributed by atoms with van der Waals surface area (Å²) in [6, 6.07) is 7.26. The van der Waals surface area contributed by atoms with Crippen LogP contribution in [0.4, 0.5) is 5.69 Å². The standard InChI is InChI=1S/C11H12N2O2/c12-9-4-2-1-3-7(9)8-5-6-10(14)13-11(8)15/h1-4,8H,5-6,12H2,(H,13,14,15). The van der Waals surface area contributed by atoms with Crippen LogP contribution < -0.4 is 11.1 Å². The van der Waals surface area contributed by atoms with Crippen molar-refractivity contribution in [3.63, 3.8) is 0 Å². The summed E-state index contributed by atoms with van der Waals surface area (Å²) in [6.45, 7) is 0. The second-order valence-corrected chi connectivity index (χ2v) is 3.63. The number of anilines is 1. The first-order chi connectivity index (χ1) is 7.18. The highest BCUT2D eigenvalue weighted by atomic mass is 16.2. The second kappa shape index (κ2) is 3.73. The van der Waals surface area contributed by atoms with Gasteiger partial charge in [-0.2, -0.15) is 0 Å². The smallest absolute Gasteiger partial charge is 0.234 e. The minimum Gasteiger partial charge on any atom is -0.398 e. The van der Waals surface area contributed by atoms with Crippen LogP contribution in [0.15, 0.2) is 24.3 Å². The van der Waals surface area contributed by atoms with Gasteiger partial charge in [-0.15, -0.1) is 0 Å². The van der Waals surface area contributed by atoms with E-state index in [2.05, 4.69) is 5.32 Å². The molecule has 1 atom stereocenters. The van der Waals surface area contributed by atoms with Crippen molar-refractivity contribution >= 4 is 17.5 Å². The highest BCUT2D eigenvalue weighted by molar-refractivity contribution is 6.01. The Morgan fingerprint density at radius 1 is 1.27 bits per heavy atom. The van der Waals surface area contributed by atoms with E-state index in [0.717, 1.165) is 5.56 Å². The van der Waals surface area contributed by atoms with E-state index in [4.69, 9.17) is 5.73 Å². The third-order valence-corrected chi connectivity index (χ3v) is 2.61. The molecule has 2 rings (SSSR count). The number of piperidine rings is 1. The third kappa shape index (κ3) is 1.83.